The van der Waals surface area contributed by atoms with Gasteiger partial charge in [0, 0.05) is 6.42 Å². The van der Waals surface area contributed by atoms with Crippen LogP contribution >= 0.6 is 0 Å². The Labute approximate surface area is 161 Å². The van der Waals surface area contributed by atoms with Gasteiger partial charge < -0.3 is 13.9 Å². The van der Waals surface area contributed by atoms with Crippen LogP contribution in [0.15, 0.2) is 0 Å². The van der Waals surface area contributed by atoms with Crippen molar-refractivity contribution in [3.63, 3.8) is 0 Å². The second kappa shape index (κ2) is 26.6. The third-order valence-electron chi connectivity index (χ3n) is 3.43. The molecule has 0 aliphatic rings. The Balaban J connectivity index is -0.000000640. The van der Waals surface area contributed by atoms with Gasteiger partial charge in [-0.2, -0.15) is 0 Å². The van der Waals surface area contributed by atoms with Gasteiger partial charge in [-0.3, -0.25) is 0 Å². The van der Waals surface area contributed by atoms with Crippen molar-refractivity contribution in [3.05, 3.63) is 0 Å². The number of unbranched alkanes of at least 4 members (excludes halogenated alkanes) is 13. The number of hydrogen-bond acceptors (Lipinski definition) is 3. The van der Waals surface area contributed by atoms with Crippen LogP contribution in [-0.4, -0.2) is 19.6 Å². The van der Waals surface area contributed by atoms with E-state index in [1.54, 1.807) is 0 Å². The van der Waals surface area contributed by atoms with Crippen LogP contribution in [-0.2, 0) is 16.2 Å². The summed E-state index contributed by atoms with van der Waals surface area (Å²) in [5.74, 6) is 0. The van der Waals surface area contributed by atoms with Crippen LogP contribution in [0.3, 0.4) is 0 Å². The van der Waals surface area contributed by atoms with Crippen LogP contribution in [0.5, 0.6) is 0 Å². The van der Waals surface area contributed by atoms with Gasteiger partial charge in [0.1, 0.15) is 6.29 Å². The zero-order valence-electron chi connectivity index (χ0n) is 14.6. The third-order valence-corrected chi connectivity index (χ3v) is 3.43. The van der Waals surface area contributed by atoms with E-state index < -0.39 is 11.4 Å². The van der Waals surface area contributed by atoms with E-state index in [9.17, 15) is 4.79 Å². The number of aldehydes is 1. The molecule has 0 heterocycles. The average molecular weight is 344 g/mol. The molecule has 0 aromatic carbocycles. The maximum Gasteiger partial charge on any atom is 1.00 e. The monoisotopic (exact) mass is 344 g/mol. The average Bonchev–Trinajstić information content (AvgIpc) is 2.43. The van der Waals surface area contributed by atoms with Crippen LogP contribution in [0.1, 0.15) is 96.8 Å². The van der Waals surface area contributed by atoms with Crippen LogP contribution < -0.4 is 29.6 Å². The van der Waals surface area contributed by atoms with Crippen LogP contribution in [0.4, 0.5) is 0 Å². The molecule has 0 spiro atoms. The number of hydrogen-bond donors (Lipinski definition) is 1. The van der Waals surface area contributed by atoms with Gasteiger partial charge in [-0.15, -0.1) is 0 Å². The fraction of sp³-hybridized carbons (Fsp3) is 0.938. The Morgan fingerprint density at radius 2 is 1.09 bits per heavy atom. The van der Waals surface area contributed by atoms with E-state index in [0.717, 1.165) is 19.1 Å². The van der Waals surface area contributed by atoms with Gasteiger partial charge in [-0.1, -0.05) is 84.0 Å². The zero-order chi connectivity index (χ0) is 16.2. The molecule has 1 unspecified atom stereocenters. The summed E-state index contributed by atoms with van der Waals surface area (Å²) in [4.78, 5) is 10.1. The summed E-state index contributed by atoms with van der Waals surface area (Å²) in [5.41, 5.74) is 0. The molecular formula is C16H33NaO4S. The van der Waals surface area contributed by atoms with Crippen molar-refractivity contribution in [3.8, 4) is 0 Å². The van der Waals surface area contributed by atoms with Crippen molar-refractivity contribution < 1.29 is 47.7 Å². The molecule has 0 amide bonds. The second-order valence-corrected chi connectivity index (χ2v) is 5.85. The van der Waals surface area contributed by atoms with Gasteiger partial charge in [0.25, 0.3) is 0 Å². The maximum absolute atomic E-state index is 10.1. The molecule has 0 fully saturated rings. The fourth-order valence-corrected chi connectivity index (χ4v) is 2.25. The van der Waals surface area contributed by atoms with Crippen molar-refractivity contribution in [2.24, 2.45) is 0 Å². The molecule has 0 saturated heterocycles. The van der Waals surface area contributed by atoms with E-state index in [4.69, 9.17) is 13.3 Å². The fourth-order valence-electron chi connectivity index (χ4n) is 2.25. The van der Waals surface area contributed by atoms with Gasteiger partial charge in [0.2, 0.25) is 0 Å². The van der Waals surface area contributed by atoms with E-state index >= 15 is 0 Å². The summed E-state index contributed by atoms with van der Waals surface area (Å²) in [6, 6.07) is 0. The molecule has 0 rings (SSSR count). The maximum atomic E-state index is 10.1. The molecule has 0 bridgehead atoms. The van der Waals surface area contributed by atoms with E-state index in [0.29, 0.717) is 0 Å². The first-order valence-electron chi connectivity index (χ1n) is 8.37. The molecule has 4 nitrogen and oxygen atoms in total. The molecule has 22 heavy (non-hydrogen) atoms. The summed E-state index contributed by atoms with van der Waals surface area (Å²) in [5, 5.41) is 0. The van der Waals surface area contributed by atoms with Crippen molar-refractivity contribution in [1.29, 1.82) is 0 Å². The van der Waals surface area contributed by atoms with Gasteiger partial charge in [0.05, 0.1) is 11.4 Å². The SMILES string of the molecule is CCCCCCCCCCCCCCCC=O.O=S([O-])O.[Na+]. The Bertz CT molecular complexity index is 224. The standard InChI is InChI=1S/C16H32O.Na.H2O3S/c1-2-3-4-5-6-7-8-9-10-11-12-13-14-15-16-17;;1-4(2)3/h16H,2-15H2,1H3;;(H2,1,2,3)/q;+1;/p-1. The molecular weight excluding hydrogens is 311 g/mol. The van der Waals surface area contributed by atoms with Crippen LogP contribution in [0.25, 0.3) is 0 Å². The van der Waals surface area contributed by atoms with Gasteiger partial charge in [0.15, 0.2) is 0 Å². The van der Waals surface area contributed by atoms with E-state index in [2.05, 4.69) is 6.92 Å². The first-order chi connectivity index (χ1) is 10.1. The first kappa shape index (κ1) is 27.6. The topological polar surface area (TPSA) is 77.4 Å². The summed E-state index contributed by atoms with van der Waals surface area (Å²) in [7, 11) is 0. The minimum Gasteiger partial charge on any atom is -0.750 e. The molecule has 1 N–H and O–H groups in total. The van der Waals surface area contributed by atoms with Gasteiger partial charge in [-0.25, -0.2) is 4.21 Å². The van der Waals surface area contributed by atoms with Crippen molar-refractivity contribution in [1.82, 2.24) is 0 Å². The molecule has 1 atom stereocenters. The van der Waals surface area contributed by atoms with Gasteiger partial charge in [-0.05, 0) is 6.42 Å². The predicted molar refractivity (Wildman–Crippen MR) is 87.9 cm³/mol. The summed E-state index contributed by atoms with van der Waals surface area (Å²) >= 11 is -2.86. The zero-order valence-corrected chi connectivity index (χ0v) is 17.4. The second-order valence-electron chi connectivity index (χ2n) is 5.42. The normalized spacial score (nSPS) is 11.0. The Morgan fingerprint density at radius 3 is 1.36 bits per heavy atom. The smallest absolute Gasteiger partial charge is 0.750 e. The molecule has 128 valence electrons. The minimum absolute atomic E-state index is 0. The van der Waals surface area contributed by atoms with E-state index in [1.165, 1.54) is 77.0 Å². The van der Waals surface area contributed by atoms with E-state index in [1.807, 2.05) is 0 Å². The number of carbonyl (C=O) groups excluding carboxylic acids is 1. The quantitative estimate of drug-likeness (QED) is 0.226. The van der Waals surface area contributed by atoms with Crippen molar-refractivity contribution in [2.45, 2.75) is 96.8 Å². The summed E-state index contributed by atoms with van der Waals surface area (Å²) in [6.45, 7) is 2.27. The van der Waals surface area contributed by atoms with Crippen molar-refractivity contribution >= 4 is 17.6 Å². The van der Waals surface area contributed by atoms with Crippen molar-refractivity contribution in [2.75, 3.05) is 0 Å². The summed E-state index contributed by atoms with van der Waals surface area (Å²) < 4.78 is 24.1. The predicted octanol–water partition coefficient (Wildman–Crippen LogP) is 2.01. The third kappa shape index (κ3) is 37.2. The van der Waals surface area contributed by atoms with Gasteiger partial charge >= 0.3 is 29.6 Å². The minimum atomic E-state index is -2.86. The Morgan fingerprint density at radius 1 is 0.818 bits per heavy atom. The van der Waals surface area contributed by atoms with E-state index in [-0.39, 0.29) is 29.6 Å². The first-order valence-corrected chi connectivity index (χ1v) is 9.40. The molecule has 0 aliphatic carbocycles. The number of carbonyl (C=O) groups is 1. The summed E-state index contributed by atoms with van der Waals surface area (Å²) in [6.07, 6.45) is 19.6. The molecule has 0 aliphatic heterocycles. The Kier molecular flexibility index (Phi) is 33.4. The largest absolute Gasteiger partial charge is 1.00 e. The molecule has 0 radical (unpaired) electrons. The van der Waals surface area contributed by atoms with Crippen LogP contribution in [0.2, 0.25) is 0 Å². The molecule has 0 aromatic heterocycles. The number of rotatable bonds is 14. The molecule has 6 heteroatoms. The Hall–Kier alpha value is 0.740. The molecule has 0 saturated carbocycles. The molecule has 0 aromatic rings. The van der Waals surface area contributed by atoms with Crippen LogP contribution in [0, 0.1) is 0 Å².